The zero-order valence-corrected chi connectivity index (χ0v) is 12.2. The van der Waals surface area contributed by atoms with E-state index in [0.29, 0.717) is 13.2 Å². The van der Waals surface area contributed by atoms with Crippen LogP contribution in [-0.2, 0) is 19.1 Å². The number of hydrogen-bond acceptors (Lipinski definition) is 4. The van der Waals surface area contributed by atoms with Crippen LogP contribution in [-0.4, -0.2) is 42.9 Å². The van der Waals surface area contributed by atoms with E-state index in [1.54, 1.807) is 0 Å². The van der Waals surface area contributed by atoms with Gasteiger partial charge in [0.2, 0.25) is 0 Å². The van der Waals surface area contributed by atoms with Gasteiger partial charge in [0, 0.05) is 25.4 Å². The van der Waals surface area contributed by atoms with Crippen LogP contribution < -0.4 is 10.6 Å². The first-order valence-corrected chi connectivity index (χ1v) is 7.41. The van der Waals surface area contributed by atoms with E-state index in [-0.39, 0.29) is 12.1 Å². The Morgan fingerprint density at radius 3 is 2.55 bits per heavy atom. The number of rotatable bonds is 3. The van der Waals surface area contributed by atoms with Crippen molar-refractivity contribution in [3.05, 3.63) is 0 Å². The molecule has 2 N–H and O–H groups in total. The maximum atomic E-state index is 11.6. The van der Waals surface area contributed by atoms with E-state index in [2.05, 4.69) is 10.6 Å². The minimum atomic E-state index is -0.619. The highest BCUT2D eigenvalue weighted by molar-refractivity contribution is 6.35. The Hall–Kier alpha value is -1.14. The molecule has 0 radical (unpaired) electrons. The normalized spacial score (nSPS) is 24.9. The molecule has 1 saturated heterocycles. The van der Waals surface area contributed by atoms with Crippen LogP contribution in [0.2, 0.25) is 0 Å². The van der Waals surface area contributed by atoms with E-state index in [4.69, 9.17) is 9.47 Å². The summed E-state index contributed by atoms with van der Waals surface area (Å²) in [5.41, 5.74) is 0. The van der Waals surface area contributed by atoms with Crippen molar-refractivity contribution in [2.75, 3.05) is 13.2 Å². The van der Waals surface area contributed by atoms with E-state index in [9.17, 15) is 9.59 Å². The summed E-state index contributed by atoms with van der Waals surface area (Å²) in [6, 6.07) is -0.0511. The number of ether oxygens (including phenoxy) is 2. The monoisotopic (exact) mass is 284 g/mol. The van der Waals surface area contributed by atoms with Crippen molar-refractivity contribution in [3.63, 3.8) is 0 Å². The van der Waals surface area contributed by atoms with Gasteiger partial charge >= 0.3 is 11.8 Å². The van der Waals surface area contributed by atoms with Crippen molar-refractivity contribution >= 4 is 11.8 Å². The molecule has 2 amide bonds. The third-order valence-corrected chi connectivity index (χ3v) is 3.65. The van der Waals surface area contributed by atoms with Crippen molar-refractivity contribution in [2.24, 2.45) is 0 Å². The number of amides is 2. The van der Waals surface area contributed by atoms with Gasteiger partial charge in [0.15, 0.2) is 5.79 Å². The highest BCUT2D eigenvalue weighted by atomic mass is 16.7. The highest BCUT2D eigenvalue weighted by Crippen LogP contribution is 2.37. The van der Waals surface area contributed by atoms with Gasteiger partial charge in [-0.25, -0.2) is 0 Å². The summed E-state index contributed by atoms with van der Waals surface area (Å²) in [5.74, 6) is -1.66. The Bertz CT molecular complexity index is 364. The SMILES string of the molecule is CC(C)NC(=O)C(=O)NC[C@H]1COC2(CCCCC2)O1. The second-order valence-corrected chi connectivity index (χ2v) is 5.86. The zero-order chi connectivity index (χ0) is 14.6. The molecule has 2 rings (SSSR count). The minimum absolute atomic E-state index is 0.0511. The molecule has 0 bridgehead atoms. The molecule has 0 unspecified atom stereocenters. The molecule has 1 aliphatic heterocycles. The lowest BCUT2D eigenvalue weighted by molar-refractivity contribution is -0.186. The summed E-state index contributed by atoms with van der Waals surface area (Å²) in [6.45, 7) is 4.41. The van der Waals surface area contributed by atoms with Crippen molar-refractivity contribution in [2.45, 2.75) is 63.9 Å². The van der Waals surface area contributed by atoms with Gasteiger partial charge < -0.3 is 20.1 Å². The Kier molecular flexibility index (Phi) is 4.99. The van der Waals surface area contributed by atoms with Crippen LogP contribution in [0.25, 0.3) is 0 Å². The molecule has 114 valence electrons. The fraction of sp³-hybridized carbons (Fsp3) is 0.857. The number of nitrogens with one attached hydrogen (secondary N) is 2. The summed E-state index contributed by atoms with van der Waals surface area (Å²) in [4.78, 5) is 23.0. The summed E-state index contributed by atoms with van der Waals surface area (Å²) < 4.78 is 11.7. The van der Waals surface area contributed by atoms with E-state index < -0.39 is 17.6 Å². The third-order valence-electron chi connectivity index (χ3n) is 3.65. The quantitative estimate of drug-likeness (QED) is 0.748. The van der Waals surface area contributed by atoms with E-state index in [1.165, 1.54) is 6.42 Å². The van der Waals surface area contributed by atoms with E-state index in [0.717, 1.165) is 25.7 Å². The van der Waals surface area contributed by atoms with Crippen molar-refractivity contribution < 1.29 is 19.1 Å². The van der Waals surface area contributed by atoms with Crippen LogP contribution in [0.3, 0.4) is 0 Å². The fourth-order valence-electron chi connectivity index (χ4n) is 2.68. The Labute approximate surface area is 119 Å². The molecule has 1 atom stereocenters. The maximum Gasteiger partial charge on any atom is 0.309 e. The Morgan fingerprint density at radius 2 is 1.90 bits per heavy atom. The van der Waals surface area contributed by atoms with Gasteiger partial charge in [0.05, 0.1) is 6.61 Å². The molecular weight excluding hydrogens is 260 g/mol. The minimum Gasteiger partial charge on any atom is -0.347 e. The lowest BCUT2D eigenvalue weighted by Crippen LogP contribution is -2.45. The molecule has 2 aliphatic rings. The fourth-order valence-corrected chi connectivity index (χ4v) is 2.68. The molecular formula is C14H24N2O4. The highest BCUT2D eigenvalue weighted by Gasteiger charge is 2.42. The topological polar surface area (TPSA) is 76.7 Å². The predicted molar refractivity (Wildman–Crippen MR) is 72.9 cm³/mol. The van der Waals surface area contributed by atoms with Crippen LogP contribution in [0.4, 0.5) is 0 Å². The second-order valence-electron chi connectivity index (χ2n) is 5.86. The molecule has 0 aromatic heterocycles. The van der Waals surface area contributed by atoms with Crippen LogP contribution >= 0.6 is 0 Å². The molecule has 1 heterocycles. The first-order chi connectivity index (χ1) is 9.51. The standard InChI is InChI=1S/C14H24N2O4/c1-10(2)16-13(18)12(17)15-8-11-9-19-14(20-11)6-4-3-5-7-14/h10-11H,3-9H2,1-2H3,(H,15,17)(H,16,18)/t11-/m0/s1. The summed E-state index contributed by atoms with van der Waals surface area (Å²) in [5, 5.41) is 5.15. The van der Waals surface area contributed by atoms with Gasteiger partial charge in [0.1, 0.15) is 6.10 Å². The molecule has 0 aromatic carbocycles. The molecule has 1 saturated carbocycles. The third kappa shape index (κ3) is 3.93. The maximum absolute atomic E-state index is 11.6. The van der Waals surface area contributed by atoms with Gasteiger partial charge in [-0.2, -0.15) is 0 Å². The first-order valence-electron chi connectivity index (χ1n) is 7.41. The van der Waals surface area contributed by atoms with Crippen LogP contribution in [0.15, 0.2) is 0 Å². The number of carbonyl (C=O) groups excluding carboxylic acids is 2. The average Bonchev–Trinajstić information content (AvgIpc) is 2.79. The summed E-state index contributed by atoms with van der Waals surface area (Å²) >= 11 is 0. The van der Waals surface area contributed by atoms with Crippen molar-refractivity contribution in [1.82, 2.24) is 10.6 Å². The zero-order valence-electron chi connectivity index (χ0n) is 12.2. The van der Waals surface area contributed by atoms with Crippen LogP contribution in [0, 0.1) is 0 Å². The van der Waals surface area contributed by atoms with Gasteiger partial charge in [0.25, 0.3) is 0 Å². The van der Waals surface area contributed by atoms with Crippen molar-refractivity contribution in [1.29, 1.82) is 0 Å². The Balaban J connectivity index is 1.72. The van der Waals surface area contributed by atoms with Gasteiger partial charge in [-0.1, -0.05) is 6.42 Å². The van der Waals surface area contributed by atoms with Gasteiger partial charge in [-0.3, -0.25) is 9.59 Å². The van der Waals surface area contributed by atoms with Crippen LogP contribution in [0.1, 0.15) is 46.0 Å². The first kappa shape index (κ1) is 15.3. The largest absolute Gasteiger partial charge is 0.347 e. The predicted octanol–water partition coefficient (Wildman–Crippen LogP) is 0.703. The summed E-state index contributed by atoms with van der Waals surface area (Å²) in [7, 11) is 0. The number of hydrogen-bond donors (Lipinski definition) is 2. The molecule has 1 aliphatic carbocycles. The van der Waals surface area contributed by atoms with Crippen LogP contribution in [0.5, 0.6) is 0 Å². The Morgan fingerprint density at radius 1 is 1.20 bits per heavy atom. The van der Waals surface area contributed by atoms with Gasteiger partial charge in [-0.05, 0) is 26.7 Å². The van der Waals surface area contributed by atoms with Gasteiger partial charge in [-0.15, -0.1) is 0 Å². The molecule has 6 heteroatoms. The average molecular weight is 284 g/mol. The lowest BCUT2D eigenvalue weighted by atomic mass is 9.94. The smallest absolute Gasteiger partial charge is 0.309 e. The molecule has 1 spiro atoms. The van der Waals surface area contributed by atoms with E-state index in [1.807, 2.05) is 13.8 Å². The molecule has 20 heavy (non-hydrogen) atoms. The number of carbonyl (C=O) groups is 2. The van der Waals surface area contributed by atoms with Crippen molar-refractivity contribution in [3.8, 4) is 0 Å². The molecule has 2 fully saturated rings. The second kappa shape index (κ2) is 6.54. The molecule has 6 nitrogen and oxygen atoms in total. The molecule has 0 aromatic rings. The van der Waals surface area contributed by atoms with E-state index >= 15 is 0 Å². The lowest BCUT2D eigenvalue weighted by Gasteiger charge is -2.31. The summed E-state index contributed by atoms with van der Waals surface area (Å²) in [6.07, 6.45) is 5.15.